The predicted octanol–water partition coefficient (Wildman–Crippen LogP) is 3.52. The molecule has 0 heterocycles. The number of hydrogen-bond donors (Lipinski definition) is 1. The van der Waals surface area contributed by atoms with Gasteiger partial charge in [0.2, 0.25) is 5.91 Å². The van der Waals surface area contributed by atoms with E-state index in [-0.39, 0.29) is 18.0 Å². The SMILES string of the molecule is COc1ccc(CNC(=O)CN(c2cccc(C)c2)S(=O)(=O)c2ccccc2)cc1OC. The maximum absolute atomic E-state index is 13.3. The first-order valence-corrected chi connectivity index (χ1v) is 11.4. The summed E-state index contributed by atoms with van der Waals surface area (Å²) in [6, 6.07) is 20.4. The third kappa shape index (κ3) is 5.39. The van der Waals surface area contributed by atoms with Crippen LogP contribution in [0.4, 0.5) is 5.69 Å². The minimum atomic E-state index is -3.93. The van der Waals surface area contributed by atoms with Crippen LogP contribution in [0.1, 0.15) is 11.1 Å². The molecule has 1 amide bonds. The Kier molecular flexibility index (Phi) is 7.37. The fourth-order valence-electron chi connectivity index (χ4n) is 3.20. The molecule has 32 heavy (non-hydrogen) atoms. The number of benzene rings is 3. The van der Waals surface area contributed by atoms with Gasteiger partial charge in [-0.15, -0.1) is 0 Å². The Morgan fingerprint density at radius 1 is 0.906 bits per heavy atom. The maximum Gasteiger partial charge on any atom is 0.264 e. The zero-order valence-electron chi connectivity index (χ0n) is 18.2. The zero-order chi connectivity index (χ0) is 23.1. The van der Waals surface area contributed by atoms with Crippen molar-refractivity contribution in [1.82, 2.24) is 5.32 Å². The molecule has 0 fully saturated rings. The van der Waals surface area contributed by atoms with Gasteiger partial charge in [0.15, 0.2) is 11.5 Å². The number of methoxy groups -OCH3 is 2. The lowest BCUT2D eigenvalue weighted by Crippen LogP contribution is -2.40. The van der Waals surface area contributed by atoms with E-state index >= 15 is 0 Å². The molecule has 3 aromatic rings. The Labute approximate surface area is 188 Å². The monoisotopic (exact) mass is 454 g/mol. The van der Waals surface area contributed by atoms with E-state index in [2.05, 4.69) is 5.32 Å². The van der Waals surface area contributed by atoms with Crippen molar-refractivity contribution in [2.45, 2.75) is 18.4 Å². The molecule has 3 rings (SSSR count). The smallest absolute Gasteiger partial charge is 0.264 e. The first-order chi connectivity index (χ1) is 15.3. The van der Waals surface area contributed by atoms with Crippen molar-refractivity contribution in [3.8, 4) is 11.5 Å². The van der Waals surface area contributed by atoms with Gasteiger partial charge in [0.05, 0.1) is 24.8 Å². The summed E-state index contributed by atoms with van der Waals surface area (Å²) >= 11 is 0. The van der Waals surface area contributed by atoms with Crippen molar-refractivity contribution in [3.63, 3.8) is 0 Å². The minimum absolute atomic E-state index is 0.120. The number of aryl methyl sites for hydroxylation is 1. The second kappa shape index (κ2) is 10.2. The molecule has 0 aliphatic rings. The van der Waals surface area contributed by atoms with Gasteiger partial charge in [-0.3, -0.25) is 9.10 Å². The van der Waals surface area contributed by atoms with E-state index in [0.29, 0.717) is 17.2 Å². The number of carbonyl (C=O) groups is 1. The van der Waals surface area contributed by atoms with E-state index in [1.807, 2.05) is 13.0 Å². The number of nitrogens with one attached hydrogen (secondary N) is 1. The molecule has 168 valence electrons. The predicted molar refractivity (Wildman–Crippen MR) is 124 cm³/mol. The van der Waals surface area contributed by atoms with Crippen LogP contribution in [0.15, 0.2) is 77.7 Å². The lowest BCUT2D eigenvalue weighted by molar-refractivity contribution is -0.119. The number of carbonyl (C=O) groups excluding carboxylic acids is 1. The van der Waals surface area contributed by atoms with Gasteiger partial charge in [0.1, 0.15) is 6.54 Å². The summed E-state index contributed by atoms with van der Waals surface area (Å²) in [4.78, 5) is 12.9. The molecule has 3 aromatic carbocycles. The molecule has 0 aliphatic heterocycles. The van der Waals surface area contributed by atoms with Gasteiger partial charge >= 0.3 is 0 Å². The molecule has 8 heteroatoms. The highest BCUT2D eigenvalue weighted by atomic mass is 32.2. The Bertz CT molecular complexity index is 1180. The fraction of sp³-hybridized carbons (Fsp3) is 0.208. The normalized spacial score (nSPS) is 11.0. The van der Waals surface area contributed by atoms with Crippen LogP contribution in [0.2, 0.25) is 0 Å². The highest BCUT2D eigenvalue weighted by Crippen LogP contribution is 2.27. The minimum Gasteiger partial charge on any atom is -0.493 e. The molecule has 0 aromatic heterocycles. The van der Waals surface area contributed by atoms with Crippen molar-refractivity contribution in [3.05, 3.63) is 83.9 Å². The van der Waals surface area contributed by atoms with E-state index in [1.54, 1.807) is 61.7 Å². The fourth-order valence-corrected chi connectivity index (χ4v) is 4.63. The third-order valence-corrected chi connectivity index (χ3v) is 6.63. The average molecular weight is 455 g/mol. The van der Waals surface area contributed by atoms with E-state index in [1.165, 1.54) is 19.2 Å². The quantitative estimate of drug-likeness (QED) is 0.535. The second-order valence-corrected chi connectivity index (χ2v) is 8.99. The first kappa shape index (κ1) is 23.1. The van der Waals surface area contributed by atoms with Gasteiger partial charge < -0.3 is 14.8 Å². The Morgan fingerprint density at radius 2 is 1.62 bits per heavy atom. The van der Waals surface area contributed by atoms with Crippen molar-refractivity contribution < 1.29 is 22.7 Å². The van der Waals surface area contributed by atoms with Crippen LogP contribution < -0.4 is 19.1 Å². The van der Waals surface area contributed by atoms with Crippen LogP contribution in [0.3, 0.4) is 0 Å². The number of amides is 1. The first-order valence-electron chi connectivity index (χ1n) is 9.97. The molecule has 0 atom stereocenters. The van der Waals surface area contributed by atoms with Crippen molar-refractivity contribution >= 4 is 21.6 Å². The topological polar surface area (TPSA) is 84.9 Å². The number of hydrogen-bond acceptors (Lipinski definition) is 5. The number of anilines is 1. The largest absolute Gasteiger partial charge is 0.493 e. The van der Waals surface area contributed by atoms with E-state index < -0.39 is 15.9 Å². The third-order valence-electron chi connectivity index (χ3n) is 4.85. The molecule has 0 unspecified atom stereocenters. The van der Waals surface area contributed by atoms with Gasteiger partial charge in [-0.2, -0.15) is 0 Å². The lowest BCUT2D eigenvalue weighted by Gasteiger charge is -2.24. The molecule has 7 nitrogen and oxygen atoms in total. The summed E-state index contributed by atoms with van der Waals surface area (Å²) < 4.78 is 38.3. The number of nitrogens with zero attached hydrogens (tertiary/aromatic N) is 1. The van der Waals surface area contributed by atoms with Crippen LogP contribution in [0, 0.1) is 6.92 Å². The van der Waals surface area contributed by atoms with E-state index in [9.17, 15) is 13.2 Å². The molecule has 0 aliphatic carbocycles. The van der Waals surface area contributed by atoms with Gasteiger partial charge in [0.25, 0.3) is 10.0 Å². The molecule has 0 spiro atoms. The summed E-state index contributed by atoms with van der Waals surface area (Å²) in [7, 11) is -0.849. The van der Waals surface area contributed by atoms with E-state index in [4.69, 9.17) is 9.47 Å². The number of sulfonamides is 1. The van der Waals surface area contributed by atoms with Crippen LogP contribution in [-0.4, -0.2) is 35.1 Å². The zero-order valence-corrected chi connectivity index (χ0v) is 19.1. The molecular weight excluding hydrogens is 428 g/mol. The molecule has 0 saturated heterocycles. The number of rotatable bonds is 9. The van der Waals surface area contributed by atoms with E-state index in [0.717, 1.165) is 15.4 Å². The van der Waals surface area contributed by atoms with Crippen LogP contribution in [0.25, 0.3) is 0 Å². The van der Waals surface area contributed by atoms with Crippen molar-refractivity contribution in [2.75, 3.05) is 25.1 Å². The molecule has 1 N–H and O–H groups in total. The Morgan fingerprint density at radius 3 is 2.28 bits per heavy atom. The van der Waals surface area contributed by atoms with Crippen LogP contribution in [0.5, 0.6) is 11.5 Å². The second-order valence-electron chi connectivity index (χ2n) is 7.13. The highest BCUT2D eigenvalue weighted by molar-refractivity contribution is 7.92. The molecule has 0 bridgehead atoms. The summed E-state index contributed by atoms with van der Waals surface area (Å²) in [6.45, 7) is 1.73. The average Bonchev–Trinajstić information content (AvgIpc) is 2.81. The van der Waals surface area contributed by atoms with Crippen molar-refractivity contribution in [2.24, 2.45) is 0 Å². The van der Waals surface area contributed by atoms with Crippen molar-refractivity contribution in [1.29, 1.82) is 0 Å². The summed E-state index contributed by atoms with van der Waals surface area (Å²) in [5, 5.41) is 2.78. The summed E-state index contributed by atoms with van der Waals surface area (Å²) in [6.07, 6.45) is 0. The van der Waals surface area contributed by atoms with Gasteiger partial charge in [-0.25, -0.2) is 8.42 Å². The van der Waals surface area contributed by atoms with Crippen LogP contribution in [-0.2, 0) is 21.4 Å². The maximum atomic E-state index is 13.3. The summed E-state index contributed by atoms with van der Waals surface area (Å²) in [5.41, 5.74) is 2.11. The summed E-state index contributed by atoms with van der Waals surface area (Å²) in [5.74, 6) is 0.704. The van der Waals surface area contributed by atoms with Crippen LogP contribution >= 0.6 is 0 Å². The van der Waals surface area contributed by atoms with Gasteiger partial charge in [0, 0.05) is 6.54 Å². The lowest BCUT2D eigenvalue weighted by atomic mass is 10.2. The Hall–Kier alpha value is -3.52. The molecular formula is C24H26N2O5S. The number of ether oxygens (including phenoxy) is 2. The van der Waals surface area contributed by atoms with Gasteiger partial charge in [-0.05, 0) is 54.4 Å². The van der Waals surface area contributed by atoms with Gasteiger partial charge in [-0.1, -0.05) is 36.4 Å². The standard InChI is InChI=1S/C24H26N2O5S/c1-18-8-7-9-20(14-18)26(32(28,29)21-10-5-4-6-11-21)17-24(27)25-16-19-12-13-22(30-2)23(15-19)31-3/h4-15H,16-17H2,1-3H3,(H,25,27). The Balaban J connectivity index is 1.81. The highest BCUT2D eigenvalue weighted by Gasteiger charge is 2.27. The molecule has 0 saturated carbocycles. The molecule has 0 radical (unpaired) electrons.